The van der Waals surface area contributed by atoms with Crippen molar-refractivity contribution >= 4 is 10.2 Å². The molecule has 0 aliphatic carbocycles. The Bertz CT molecular complexity index is 14.4. The molecule has 0 aromatic carbocycles. The zero-order valence-corrected chi connectivity index (χ0v) is 5.70. The molecular weight excluding hydrogens is 78.1 g/mol. The van der Waals surface area contributed by atoms with Gasteiger partial charge in [-0.2, -0.15) is 0 Å². The zero-order valence-electron chi connectivity index (χ0n) is 3.70. The number of hydrogen-bond acceptors (Lipinski definition) is 1. The van der Waals surface area contributed by atoms with Crippen molar-refractivity contribution in [3.8, 4) is 0 Å². The van der Waals surface area contributed by atoms with Crippen molar-refractivity contribution in [2.45, 2.75) is 12.5 Å². The van der Waals surface area contributed by atoms with Gasteiger partial charge >= 0.3 is 0 Å². The van der Waals surface area contributed by atoms with Gasteiger partial charge in [0.15, 0.2) is 0 Å². The fourth-order valence-corrected chi connectivity index (χ4v) is 0.612. The van der Waals surface area contributed by atoms with Gasteiger partial charge in [-0.1, -0.05) is 6.04 Å². The molecule has 0 radical (unpaired) electrons. The fraction of sp³-hybridized carbons (Fsp3) is 1.00. The molecule has 0 saturated heterocycles. The van der Waals surface area contributed by atoms with Gasteiger partial charge in [-0.25, -0.2) is 0 Å². The molecule has 0 fully saturated rings. The van der Waals surface area contributed by atoms with E-state index in [-0.39, 0.29) is 0 Å². The summed E-state index contributed by atoms with van der Waals surface area (Å²) in [7, 11) is 1.32. The normalized spacial score (nSPS) is 9.00. The predicted octanol–water partition coefficient (Wildman–Crippen LogP) is -0.881. The Labute approximate surface area is 36.0 Å². The van der Waals surface area contributed by atoms with Crippen LogP contribution >= 0.6 is 0 Å². The second kappa shape index (κ2) is 4.18. The van der Waals surface area contributed by atoms with Gasteiger partial charge in [-0.05, 0) is 13.0 Å². The average molecular weight is 89.2 g/mol. The summed E-state index contributed by atoms with van der Waals surface area (Å²) in [5.74, 6) is 0. The first-order valence-corrected chi connectivity index (χ1v) is 3.53. The van der Waals surface area contributed by atoms with E-state index in [4.69, 9.17) is 5.73 Å². The summed E-state index contributed by atoms with van der Waals surface area (Å²) < 4.78 is 0. The predicted molar refractivity (Wildman–Crippen MR) is 28.4 cm³/mol. The van der Waals surface area contributed by atoms with E-state index in [1.54, 1.807) is 0 Å². The molecule has 0 aromatic rings. The summed E-state index contributed by atoms with van der Waals surface area (Å²) in [6, 6.07) is 1.36. The second-order valence-electron chi connectivity index (χ2n) is 1.14. The van der Waals surface area contributed by atoms with Crippen LogP contribution < -0.4 is 5.73 Å². The van der Waals surface area contributed by atoms with Crippen LogP contribution in [0.2, 0.25) is 6.04 Å². The monoisotopic (exact) mass is 89.1 g/mol. The molecule has 0 bridgehead atoms. The lowest BCUT2D eigenvalue weighted by Gasteiger charge is -1.80. The Morgan fingerprint density at radius 1 is 1.60 bits per heavy atom. The first kappa shape index (κ1) is 5.18. The highest BCUT2D eigenvalue weighted by atomic mass is 28.1. The molecule has 32 valence electrons. The highest BCUT2D eigenvalue weighted by Gasteiger charge is 1.68. The van der Waals surface area contributed by atoms with Crippen LogP contribution in [-0.4, -0.2) is 16.8 Å². The Balaban J connectivity index is 2.19. The lowest BCUT2D eigenvalue weighted by atomic mass is 10.5. The van der Waals surface area contributed by atoms with Gasteiger partial charge < -0.3 is 5.73 Å². The van der Waals surface area contributed by atoms with Crippen LogP contribution in [0.3, 0.4) is 0 Å². The van der Waals surface area contributed by atoms with Crippen LogP contribution in [0.15, 0.2) is 0 Å². The quantitative estimate of drug-likeness (QED) is 0.437. The van der Waals surface area contributed by atoms with E-state index in [2.05, 4.69) is 0 Å². The molecule has 1 nitrogen and oxygen atoms in total. The van der Waals surface area contributed by atoms with Gasteiger partial charge in [-0.3, -0.25) is 0 Å². The first-order chi connectivity index (χ1) is 2.41. The van der Waals surface area contributed by atoms with Crippen LogP contribution in [0.25, 0.3) is 0 Å². The van der Waals surface area contributed by atoms with Crippen molar-refractivity contribution in [3.05, 3.63) is 0 Å². The molecule has 0 aliphatic heterocycles. The summed E-state index contributed by atoms with van der Waals surface area (Å²) in [5, 5.41) is 0. The third kappa shape index (κ3) is 4.18. The van der Waals surface area contributed by atoms with Crippen molar-refractivity contribution in [1.29, 1.82) is 0 Å². The summed E-state index contributed by atoms with van der Waals surface area (Å²) in [4.78, 5) is 0. The van der Waals surface area contributed by atoms with E-state index in [0.717, 1.165) is 6.54 Å². The molecule has 0 spiro atoms. The minimum Gasteiger partial charge on any atom is -0.330 e. The number of hydrogen-bond donors (Lipinski definition) is 1. The summed E-state index contributed by atoms with van der Waals surface area (Å²) in [6.45, 7) is 0.878. The SMILES string of the molecule is NCCC[SiH3]. The Kier molecular flexibility index (Phi) is 4.32. The van der Waals surface area contributed by atoms with Crippen molar-refractivity contribution in [1.82, 2.24) is 0 Å². The maximum Gasteiger partial charge on any atom is 0.00286 e. The minimum absolute atomic E-state index is 0.878. The van der Waals surface area contributed by atoms with E-state index < -0.39 is 0 Å². The van der Waals surface area contributed by atoms with Gasteiger partial charge in [0.1, 0.15) is 0 Å². The molecule has 0 rings (SSSR count). The lowest BCUT2D eigenvalue weighted by molar-refractivity contribution is 0.930. The fourth-order valence-electron chi connectivity index (χ4n) is 0.204. The molecule has 0 aliphatic rings. The molecule has 5 heavy (non-hydrogen) atoms. The van der Waals surface area contributed by atoms with Crippen molar-refractivity contribution in [2.24, 2.45) is 5.73 Å². The van der Waals surface area contributed by atoms with E-state index in [1.165, 1.54) is 22.7 Å². The van der Waals surface area contributed by atoms with Gasteiger partial charge in [-0.15, -0.1) is 0 Å². The molecule has 2 N–H and O–H groups in total. The Morgan fingerprint density at radius 3 is 2.20 bits per heavy atom. The van der Waals surface area contributed by atoms with E-state index in [0.29, 0.717) is 0 Å². The smallest absolute Gasteiger partial charge is 0.00286 e. The van der Waals surface area contributed by atoms with Gasteiger partial charge in [0.25, 0.3) is 0 Å². The molecular formula is C3H11NSi. The number of nitrogens with two attached hydrogens (primary N) is 1. The Hall–Kier alpha value is 0.177. The van der Waals surface area contributed by atoms with E-state index >= 15 is 0 Å². The highest BCUT2D eigenvalue weighted by Crippen LogP contribution is 1.74. The van der Waals surface area contributed by atoms with Crippen LogP contribution in [0.1, 0.15) is 6.42 Å². The van der Waals surface area contributed by atoms with Gasteiger partial charge in [0.2, 0.25) is 0 Å². The standard InChI is InChI=1S/C3H11NSi/c4-2-1-3-5/h1-4H2,5H3. The molecule has 0 saturated carbocycles. The van der Waals surface area contributed by atoms with Crippen molar-refractivity contribution in [2.75, 3.05) is 6.54 Å². The van der Waals surface area contributed by atoms with Gasteiger partial charge in [0, 0.05) is 10.2 Å². The van der Waals surface area contributed by atoms with E-state index in [1.807, 2.05) is 0 Å². The van der Waals surface area contributed by atoms with Crippen LogP contribution in [0, 0.1) is 0 Å². The second-order valence-corrected chi connectivity index (χ2v) is 2.14. The molecule has 0 atom stereocenters. The number of rotatable bonds is 2. The van der Waals surface area contributed by atoms with Crippen LogP contribution in [0.5, 0.6) is 0 Å². The summed E-state index contributed by atoms with van der Waals surface area (Å²) in [6.07, 6.45) is 1.23. The maximum absolute atomic E-state index is 5.16. The lowest BCUT2D eigenvalue weighted by Crippen LogP contribution is -1.96. The third-order valence-corrected chi connectivity index (χ3v) is 1.26. The molecule has 0 heterocycles. The average Bonchev–Trinajstić information content (AvgIpc) is 1.41. The molecule has 0 unspecified atom stereocenters. The zero-order chi connectivity index (χ0) is 4.12. The summed E-state index contributed by atoms with van der Waals surface area (Å²) in [5.41, 5.74) is 5.16. The van der Waals surface area contributed by atoms with Gasteiger partial charge in [0.05, 0.1) is 0 Å². The summed E-state index contributed by atoms with van der Waals surface area (Å²) >= 11 is 0. The molecule has 0 amide bonds. The molecule has 0 aromatic heterocycles. The molecule has 2 heteroatoms. The Morgan fingerprint density at radius 2 is 2.20 bits per heavy atom. The maximum atomic E-state index is 5.16. The van der Waals surface area contributed by atoms with Crippen molar-refractivity contribution in [3.63, 3.8) is 0 Å². The minimum atomic E-state index is 0.878. The third-order valence-electron chi connectivity index (χ3n) is 0.558. The van der Waals surface area contributed by atoms with Crippen molar-refractivity contribution < 1.29 is 0 Å². The van der Waals surface area contributed by atoms with Crippen LogP contribution in [-0.2, 0) is 0 Å². The topological polar surface area (TPSA) is 26.0 Å². The van der Waals surface area contributed by atoms with E-state index in [9.17, 15) is 0 Å². The largest absolute Gasteiger partial charge is 0.330 e. The van der Waals surface area contributed by atoms with Crippen LogP contribution in [0.4, 0.5) is 0 Å². The first-order valence-electron chi connectivity index (χ1n) is 2.12. The highest BCUT2D eigenvalue weighted by molar-refractivity contribution is 6.08.